The van der Waals surface area contributed by atoms with Crippen LogP contribution in [0.2, 0.25) is 0 Å². The van der Waals surface area contributed by atoms with E-state index < -0.39 is 10.0 Å². The van der Waals surface area contributed by atoms with Gasteiger partial charge in [-0.1, -0.05) is 0 Å². The number of nitrogens with one attached hydrogen (secondary N) is 2. The largest absolute Gasteiger partial charge is 0.349 e. The van der Waals surface area contributed by atoms with E-state index in [1.165, 1.54) is 0 Å². The van der Waals surface area contributed by atoms with E-state index in [1.54, 1.807) is 12.4 Å². The van der Waals surface area contributed by atoms with Crippen LogP contribution in [0.5, 0.6) is 0 Å². The number of aromatic nitrogens is 2. The number of rotatable bonds is 7. The van der Waals surface area contributed by atoms with Gasteiger partial charge in [0, 0.05) is 25.4 Å². The van der Waals surface area contributed by atoms with Gasteiger partial charge in [0.1, 0.15) is 5.82 Å². The first-order valence-electron chi connectivity index (χ1n) is 4.77. The van der Waals surface area contributed by atoms with Crippen molar-refractivity contribution in [2.75, 3.05) is 18.8 Å². The van der Waals surface area contributed by atoms with E-state index in [1.807, 2.05) is 0 Å². The molecule has 0 atom stereocenters. The molecule has 1 heterocycles. The Kier molecular flexibility index (Phi) is 4.73. The summed E-state index contributed by atoms with van der Waals surface area (Å²) in [5, 5.41) is 7.85. The molecule has 0 fully saturated rings. The molecule has 0 unspecified atom stereocenters. The maximum absolute atomic E-state index is 10.6. The highest BCUT2D eigenvalue weighted by molar-refractivity contribution is 7.89. The van der Waals surface area contributed by atoms with Crippen LogP contribution in [-0.4, -0.2) is 37.2 Å². The maximum atomic E-state index is 10.6. The summed E-state index contributed by atoms with van der Waals surface area (Å²) in [5.41, 5.74) is 0. The Morgan fingerprint density at radius 3 is 2.87 bits per heavy atom. The SMILES string of the molecule is NS(=O)(=O)CCNCCCc1ncc[nH]1. The molecule has 7 heteroatoms. The fraction of sp³-hybridized carbons (Fsp3) is 0.625. The van der Waals surface area contributed by atoms with E-state index in [0.29, 0.717) is 6.54 Å². The Morgan fingerprint density at radius 2 is 2.27 bits per heavy atom. The number of imidazole rings is 1. The monoisotopic (exact) mass is 232 g/mol. The van der Waals surface area contributed by atoms with Crippen LogP contribution < -0.4 is 10.5 Å². The number of primary sulfonamides is 1. The zero-order valence-corrected chi connectivity index (χ0v) is 9.26. The lowest BCUT2D eigenvalue weighted by atomic mass is 10.3. The van der Waals surface area contributed by atoms with Gasteiger partial charge in [0.2, 0.25) is 10.0 Å². The summed E-state index contributed by atoms with van der Waals surface area (Å²) in [6.45, 7) is 1.16. The molecule has 86 valence electrons. The summed E-state index contributed by atoms with van der Waals surface area (Å²) in [6, 6.07) is 0. The Morgan fingerprint density at radius 1 is 1.47 bits per heavy atom. The zero-order valence-electron chi connectivity index (χ0n) is 8.44. The summed E-state index contributed by atoms with van der Waals surface area (Å²) in [5.74, 6) is 0.927. The topological polar surface area (TPSA) is 101 Å². The van der Waals surface area contributed by atoms with Gasteiger partial charge in [-0.2, -0.15) is 0 Å². The molecule has 0 bridgehead atoms. The van der Waals surface area contributed by atoms with Crippen LogP contribution in [0.3, 0.4) is 0 Å². The molecule has 15 heavy (non-hydrogen) atoms. The van der Waals surface area contributed by atoms with Crippen LogP contribution in [0.25, 0.3) is 0 Å². The highest BCUT2D eigenvalue weighted by atomic mass is 32.2. The smallest absolute Gasteiger partial charge is 0.210 e. The first kappa shape index (κ1) is 12.2. The van der Waals surface area contributed by atoms with Crippen LogP contribution >= 0.6 is 0 Å². The summed E-state index contributed by atoms with van der Waals surface area (Å²) >= 11 is 0. The Labute approximate surface area is 89.3 Å². The van der Waals surface area contributed by atoms with Crippen molar-refractivity contribution in [3.8, 4) is 0 Å². The number of aromatic amines is 1. The van der Waals surface area contributed by atoms with Gasteiger partial charge in [0.05, 0.1) is 5.75 Å². The molecule has 4 N–H and O–H groups in total. The van der Waals surface area contributed by atoms with Crippen molar-refractivity contribution in [1.82, 2.24) is 15.3 Å². The number of hydrogen-bond donors (Lipinski definition) is 3. The summed E-state index contributed by atoms with van der Waals surface area (Å²) in [4.78, 5) is 7.07. The molecular weight excluding hydrogens is 216 g/mol. The Balaban J connectivity index is 1.99. The first-order chi connectivity index (χ1) is 7.08. The van der Waals surface area contributed by atoms with Gasteiger partial charge in [0.15, 0.2) is 0 Å². The second-order valence-electron chi connectivity index (χ2n) is 3.26. The molecule has 0 saturated heterocycles. The van der Waals surface area contributed by atoms with E-state index >= 15 is 0 Å². The third kappa shape index (κ3) is 6.21. The van der Waals surface area contributed by atoms with Crippen molar-refractivity contribution in [3.63, 3.8) is 0 Å². The predicted molar refractivity (Wildman–Crippen MR) is 57.8 cm³/mol. The van der Waals surface area contributed by atoms with Crippen molar-refractivity contribution in [3.05, 3.63) is 18.2 Å². The van der Waals surface area contributed by atoms with Crippen molar-refractivity contribution < 1.29 is 8.42 Å². The second-order valence-corrected chi connectivity index (χ2v) is 4.99. The molecule has 0 amide bonds. The van der Waals surface area contributed by atoms with E-state index in [2.05, 4.69) is 15.3 Å². The standard InChI is InChI=1S/C8H16N4O2S/c9-15(13,14)7-6-10-3-1-2-8-11-4-5-12-8/h4-5,10H,1-3,6-7H2,(H,11,12)(H2,9,13,14). The fourth-order valence-electron chi connectivity index (χ4n) is 1.15. The van der Waals surface area contributed by atoms with Crippen molar-refractivity contribution in [1.29, 1.82) is 0 Å². The molecule has 0 aliphatic carbocycles. The van der Waals surface area contributed by atoms with Gasteiger partial charge in [-0.3, -0.25) is 0 Å². The van der Waals surface area contributed by atoms with Crippen molar-refractivity contribution in [2.45, 2.75) is 12.8 Å². The second kappa shape index (κ2) is 5.84. The molecule has 1 rings (SSSR count). The Hall–Kier alpha value is -0.920. The molecule has 0 aliphatic heterocycles. The molecule has 0 saturated carbocycles. The number of nitrogens with two attached hydrogens (primary N) is 1. The molecule has 0 spiro atoms. The van der Waals surface area contributed by atoms with Crippen LogP contribution in [0.4, 0.5) is 0 Å². The molecule has 6 nitrogen and oxygen atoms in total. The fourth-order valence-corrected chi connectivity index (χ4v) is 1.58. The van der Waals surface area contributed by atoms with Gasteiger partial charge >= 0.3 is 0 Å². The molecule has 0 aromatic carbocycles. The number of aryl methyl sites for hydroxylation is 1. The lowest BCUT2D eigenvalue weighted by molar-refractivity contribution is 0.590. The van der Waals surface area contributed by atoms with Crippen LogP contribution in [0, 0.1) is 0 Å². The van der Waals surface area contributed by atoms with Crippen LogP contribution in [0.15, 0.2) is 12.4 Å². The number of sulfonamides is 1. The highest BCUT2D eigenvalue weighted by Crippen LogP contribution is 1.92. The third-order valence-electron chi connectivity index (χ3n) is 1.89. The quantitative estimate of drug-likeness (QED) is 0.537. The van der Waals surface area contributed by atoms with E-state index in [4.69, 9.17) is 5.14 Å². The van der Waals surface area contributed by atoms with Crippen molar-refractivity contribution in [2.24, 2.45) is 5.14 Å². The molecule has 0 aliphatic rings. The third-order valence-corrected chi connectivity index (χ3v) is 2.66. The molecular formula is C8H16N4O2S. The number of nitrogens with zero attached hydrogens (tertiary/aromatic N) is 1. The van der Waals surface area contributed by atoms with Gasteiger partial charge in [-0.15, -0.1) is 0 Å². The van der Waals surface area contributed by atoms with Gasteiger partial charge < -0.3 is 10.3 Å². The predicted octanol–water partition coefficient (Wildman–Crippen LogP) is -0.780. The lowest BCUT2D eigenvalue weighted by Gasteiger charge is -2.02. The van der Waals surface area contributed by atoms with Gasteiger partial charge in [-0.25, -0.2) is 18.5 Å². The van der Waals surface area contributed by atoms with E-state index in [0.717, 1.165) is 25.2 Å². The molecule has 1 aromatic rings. The summed E-state index contributed by atoms with van der Waals surface area (Å²) in [7, 11) is -3.34. The van der Waals surface area contributed by atoms with E-state index in [-0.39, 0.29) is 5.75 Å². The van der Waals surface area contributed by atoms with Crippen LogP contribution in [0.1, 0.15) is 12.2 Å². The summed E-state index contributed by atoms with van der Waals surface area (Å²) in [6.07, 6.45) is 5.26. The highest BCUT2D eigenvalue weighted by Gasteiger charge is 2.00. The minimum atomic E-state index is -3.34. The normalized spacial score (nSPS) is 11.8. The minimum absolute atomic E-state index is 0.0201. The number of hydrogen-bond acceptors (Lipinski definition) is 4. The average molecular weight is 232 g/mol. The number of H-pyrrole nitrogens is 1. The van der Waals surface area contributed by atoms with Gasteiger partial charge in [0.25, 0.3) is 0 Å². The average Bonchev–Trinajstić information content (AvgIpc) is 2.61. The summed E-state index contributed by atoms with van der Waals surface area (Å²) < 4.78 is 21.1. The molecule has 1 aromatic heterocycles. The van der Waals surface area contributed by atoms with E-state index in [9.17, 15) is 8.42 Å². The molecule has 0 radical (unpaired) electrons. The van der Waals surface area contributed by atoms with Crippen molar-refractivity contribution >= 4 is 10.0 Å². The lowest BCUT2D eigenvalue weighted by Crippen LogP contribution is -2.27. The van der Waals surface area contributed by atoms with Crippen LogP contribution in [-0.2, 0) is 16.4 Å². The zero-order chi connectivity index (χ0) is 11.1. The first-order valence-corrected chi connectivity index (χ1v) is 6.49. The maximum Gasteiger partial charge on any atom is 0.210 e. The minimum Gasteiger partial charge on any atom is -0.349 e. The van der Waals surface area contributed by atoms with Gasteiger partial charge in [-0.05, 0) is 13.0 Å². The Bertz CT molecular complexity index is 360.